The summed E-state index contributed by atoms with van der Waals surface area (Å²) in [7, 11) is 0. The van der Waals surface area contributed by atoms with E-state index in [1.807, 2.05) is 29.6 Å². The lowest BCUT2D eigenvalue weighted by Crippen LogP contribution is -2.16. The van der Waals surface area contributed by atoms with E-state index in [4.69, 9.17) is 5.73 Å². The number of rotatable bonds is 5. The molecule has 104 valence electrons. The highest BCUT2D eigenvalue weighted by Crippen LogP contribution is 2.40. The van der Waals surface area contributed by atoms with Gasteiger partial charge in [-0.25, -0.2) is 4.98 Å². The van der Waals surface area contributed by atoms with Crippen LogP contribution in [-0.2, 0) is 17.8 Å². The summed E-state index contributed by atoms with van der Waals surface area (Å²) in [4.78, 5) is 16.5. The Hall–Kier alpha value is -1.72. The summed E-state index contributed by atoms with van der Waals surface area (Å²) in [6, 6.07) is 7.76. The fourth-order valence-corrected chi connectivity index (χ4v) is 2.98. The molecule has 1 aliphatic carbocycles. The fraction of sp³-hybridized carbons (Fsp3) is 0.333. The minimum Gasteiger partial charge on any atom is -0.326 e. The van der Waals surface area contributed by atoms with E-state index in [1.165, 1.54) is 24.2 Å². The smallest absolute Gasteiger partial charge is 0.230 e. The zero-order valence-electron chi connectivity index (χ0n) is 11.1. The molecule has 0 unspecified atom stereocenters. The first-order valence-electron chi connectivity index (χ1n) is 6.78. The summed E-state index contributed by atoms with van der Waals surface area (Å²) < 4.78 is 0. The quantitative estimate of drug-likeness (QED) is 0.888. The summed E-state index contributed by atoms with van der Waals surface area (Å²) in [6.07, 6.45) is 2.79. The van der Waals surface area contributed by atoms with Gasteiger partial charge in [0.15, 0.2) is 5.13 Å². The van der Waals surface area contributed by atoms with Crippen LogP contribution in [0.1, 0.15) is 35.6 Å². The molecule has 3 rings (SSSR count). The maximum Gasteiger partial charge on any atom is 0.230 e. The van der Waals surface area contributed by atoms with Gasteiger partial charge in [0, 0.05) is 17.8 Å². The van der Waals surface area contributed by atoms with Crippen LogP contribution < -0.4 is 11.1 Å². The van der Waals surface area contributed by atoms with E-state index in [-0.39, 0.29) is 5.91 Å². The van der Waals surface area contributed by atoms with Gasteiger partial charge in [0.2, 0.25) is 5.91 Å². The molecule has 0 spiro atoms. The molecule has 3 N–H and O–H groups in total. The van der Waals surface area contributed by atoms with Crippen molar-refractivity contribution in [3.8, 4) is 0 Å². The van der Waals surface area contributed by atoms with Gasteiger partial charge in [0.25, 0.3) is 0 Å². The number of aromatic nitrogens is 1. The molecule has 1 amide bonds. The second-order valence-corrected chi connectivity index (χ2v) is 5.91. The zero-order chi connectivity index (χ0) is 13.9. The van der Waals surface area contributed by atoms with Gasteiger partial charge in [-0.3, -0.25) is 4.79 Å². The minimum atomic E-state index is -0.0393. The maximum absolute atomic E-state index is 12.1. The first-order chi connectivity index (χ1) is 9.76. The molecule has 5 heteroatoms. The van der Waals surface area contributed by atoms with Gasteiger partial charge in [-0.2, -0.15) is 0 Å². The standard InChI is InChI=1S/C15H17N3OS/c16-8-12-4-2-1-3-11(12)7-14(19)18-15-17-13(9-20-15)10-5-6-10/h1-4,9-10H,5-8,16H2,(H,17,18,19). The number of hydrogen-bond donors (Lipinski definition) is 2. The van der Waals surface area contributed by atoms with Crippen molar-refractivity contribution in [1.82, 2.24) is 4.98 Å². The Kier molecular flexibility index (Phi) is 3.80. The van der Waals surface area contributed by atoms with E-state index in [0.717, 1.165) is 16.8 Å². The van der Waals surface area contributed by atoms with Gasteiger partial charge in [-0.15, -0.1) is 11.3 Å². The van der Waals surface area contributed by atoms with Crippen molar-refractivity contribution in [2.45, 2.75) is 31.7 Å². The van der Waals surface area contributed by atoms with Crippen LogP contribution in [0.25, 0.3) is 0 Å². The predicted molar refractivity (Wildman–Crippen MR) is 80.8 cm³/mol. The van der Waals surface area contributed by atoms with E-state index in [2.05, 4.69) is 10.3 Å². The van der Waals surface area contributed by atoms with Crippen LogP contribution in [0, 0.1) is 0 Å². The third kappa shape index (κ3) is 3.05. The Morgan fingerprint density at radius 2 is 2.10 bits per heavy atom. The molecule has 4 nitrogen and oxygen atoms in total. The molecule has 1 fully saturated rings. The van der Waals surface area contributed by atoms with Gasteiger partial charge >= 0.3 is 0 Å². The van der Waals surface area contributed by atoms with Crippen LogP contribution in [0.4, 0.5) is 5.13 Å². The average molecular weight is 287 g/mol. The van der Waals surface area contributed by atoms with Crippen LogP contribution in [0.2, 0.25) is 0 Å². The average Bonchev–Trinajstić information content (AvgIpc) is 3.20. The Balaban J connectivity index is 1.63. The lowest BCUT2D eigenvalue weighted by atomic mass is 10.0. The van der Waals surface area contributed by atoms with Crippen LogP contribution in [0.15, 0.2) is 29.6 Å². The minimum absolute atomic E-state index is 0.0393. The molecule has 0 aliphatic heterocycles. The van der Waals surface area contributed by atoms with Crippen molar-refractivity contribution in [3.05, 3.63) is 46.5 Å². The number of carbonyl (C=O) groups is 1. The summed E-state index contributed by atoms with van der Waals surface area (Å²) in [5.74, 6) is 0.581. The Labute approximate surface area is 122 Å². The third-order valence-corrected chi connectivity index (χ3v) is 4.23. The fourth-order valence-electron chi connectivity index (χ4n) is 2.18. The highest BCUT2D eigenvalue weighted by atomic mass is 32.1. The van der Waals surface area contributed by atoms with Crippen molar-refractivity contribution in [2.75, 3.05) is 5.32 Å². The lowest BCUT2D eigenvalue weighted by molar-refractivity contribution is -0.115. The molecule has 0 atom stereocenters. The van der Waals surface area contributed by atoms with Gasteiger partial charge in [-0.1, -0.05) is 24.3 Å². The molecular weight excluding hydrogens is 270 g/mol. The van der Waals surface area contributed by atoms with Gasteiger partial charge < -0.3 is 11.1 Å². The van der Waals surface area contributed by atoms with Crippen LogP contribution in [-0.4, -0.2) is 10.9 Å². The summed E-state index contributed by atoms with van der Waals surface area (Å²) in [6.45, 7) is 0.451. The first-order valence-corrected chi connectivity index (χ1v) is 7.66. The Morgan fingerprint density at radius 1 is 1.35 bits per heavy atom. The number of carbonyl (C=O) groups excluding carboxylic acids is 1. The van der Waals surface area contributed by atoms with E-state index < -0.39 is 0 Å². The molecule has 2 aromatic rings. The van der Waals surface area contributed by atoms with Gasteiger partial charge in [0.1, 0.15) is 0 Å². The van der Waals surface area contributed by atoms with Crippen LogP contribution in [0.3, 0.4) is 0 Å². The summed E-state index contributed by atoms with van der Waals surface area (Å²) >= 11 is 1.50. The van der Waals surface area contributed by atoms with Crippen molar-refractivity contribution >= 4 is 22.4 Å². The SMILES string of the molecule is NCc1ccccc1CC(=O)Nc1nc(C2CC2)cs1. The largest absolute Gasteiger partial charge is 0.326 e. The number of anilines is 1. The second-order valence-electron chi connectivity index (χ2n) is 5.05. The molecular formula is C15H17N3OS. The second kappa shape index (κ2) is 5.73. The molecule has 1 aromatic heterocycles. The number of nitrogens with zero attached hydrogens (tertiary/aromatic N) is 1. The van der Waals surface area contributed by atoms with E-state index in [1.54, 1.807) is 0 Å². The number of amides is 1. The van der Waals surface area contributed by atoms with Crippen molar-refractivity contribution in [2.24, 2.45) is 5.73 Å². The van der Waals surface area contributed by atoms with Crippen molar-refractivity contribution in [3.63, 3.8) is 0 Å². The van der Waals surface area contributed by atoms with E-state index in [0.29, 0.717) is 24.0 Å². The molecule has 0 bridgehead atoms. The van der Waals surface area contributed by atoms with Gasteiger partial charge in [-0.05, 0) is 24.0 Å². The number of nitrogens with two attached hydrogens (primary N) is 1. The predicted octanol–water partition coefficient (Wildman–Crippen LogP) is 2.66. The van der Waals surface area contributed by atoms with E-state index in [9.17, 15) is 4.79 Å². The monoisotopic (exact) mass is 287 g/mol. The third-order valence-electron chi connectivity index (χ3n) is 3.45. The number of thiazole rings is 1. The van der Waals surface area contributed by atoms with Gasteiger partial charge in [0.05, 0.1) is 12.1 Å². The topological polar surface area (TPSA) is 68.0 Å². The number of hydrogen-bond acceptors (Lipinski definition) is 4. The number of benzene rings is 1. The van der Waals surface area contributed by atoms with Crippen LogP contribution >= 0.6 is 11.3 Å². The molecule has 1 saturated carbocycles. The van der Waals surface area contributed by atoms with Crippen LogP contribution in [0.5, 0.6) is 0 Å². The molecule has 1 aromatic carbocycles. The molecule has 0 saturated heterocycles. The highest BCUT2D eigenvalue weighted by Gasteiger charge is 2.26. The number of nitrogens with one attached hydrogen (secondary N) is 1. The Bertz CT molecular complexity index is 619. The van der Waals surface area contributed by atoms with E-state index >= 15 is 0 Å². The zero-order valence-corrected chi connectivity index (χ0v) is 12.0. The highest BCUT2D eigenvalue weighted by molar-refractivity contribution is 7.13. The maximum atomic E-state index is 12.1. The van der Waals surface area contributed by atoms with Crippen molar-refractivity contribution < 1.29 is 4.79 Å². The summed E-state index contributed by atoms with van der Waals surface area (Å²) in [5, 5.41) is 5.61. The summed E-state index contributed by atoms with van der Waals surface area (Å²) in [5.41, 5.74) is 8.79. The Morgan fingerprint density at radius 3 is 2.80 bits per heavy atom. The normalized spacial score (nSPS) is 14.2. The van der Waals surface area contributed by atoms with Crippen molar-refractivity contribution in [1.29, 1.82) is 0 Å². The lowest BCUT2D eigenvalue weighted by Gasteiger charge is -2.06. The molecule has 0 radical (unpaired) electrons. The molecule has 20 heavy (non-hydrogen) atoms. The molecule has 1 heterocycles. The first kappa shape index (κ1) is 13.3. The molecule has 1 aliphatic rings.